The average molecular weight is 555 g/mol. The van der Waals surface area contributed by atoms with E-state index >= 15 is 0 Å². The molecule has 0 saturated carbocycles. The Labute approximate surface area is 247 Å². The number of hydrogen-bond donors (Lipinski definition) is 2. The molecule has 3 aromatic heterocycles. The van der Waals surface area contributed by atoms with Gasteiger partial charge in [-0.2, -0.15) is 0 Å². The molecule has 2 aliphatic rings. The van der Waals surface area contributed by atoms with Gasteiger partial charge < -0.3 is 20.1 Å². The van der Waals surface area contributed by atoms with Gasteiger partial charge in [0.2, 0.25) is 0 Å². The maximum absolute atomic E-state index is 12.7. The quantitative estimate of drug-likeness (QED) is 0.235. The third-order valence-electron chi connectivity index (χ3n) is 8.23. The Bertz CT molecular complexity index is 1460. The summed E-state index contributed by atoms with van der Waals surface area (Å²) in [6, 6.07) is 13.9. The van der Waals surface area contributed by atoms with Crippen molar-refractivity contribution in [1.82, 2.24) is 19.9 Å². The summed E-state index contributed by atoms with van der Waals surface area (Å²) in [5.41, 5.74) is 6.09. The average Bonchev–Trinajstić information content (AvgIpc) is 3.39. The minimum Gasteiger partial charge on any atom is -0.356 e. The minimum atomic E-state index is -0.148. The summed E-state index contributed by atoms with van der Waals surface area (Å²) in [5.74, 6) is 1.52. The second kappa shape index (κ2) is 12.2. The first kappa shape index (κ1) is 28.4. The van der Waals surface area contributed by atoms with Crippen molar-refractivity contribution in [2.45, 2.75) is 64.8 Å². The van der Waals surface area contributed by atoms with Crippen LogP contribution in [-0.2, 0) is 5.54 Å². The summed E-state index contributed by atoms with van der Waals surface area (Å²) in [6.07, 6.45) is 15.9. The van der Waals surface area contributed by atoms with Crippen LogP contribution in [0.1, 0.15) is 72.5 Å². The highest BCUT2D eigenvalue weighted by Gasteiger charge is 2.35. The van der Waals surface area contributed by atoms with Crippen LogP contribution in [0.3, 0.4) is 0 Å². The number of anilines is 2. The van der Waals surface area contributed by atoms with E-state index in [4.69, 9.17) is 9.97 Å². The Morgan fingerprint density at radius 1 is 1.05 bits per heavy atom. The molecule has 0 bridgehead atoms. The SMILES string of the molecule is C=C=C(CNC(=O)c1ccn(C(C)(C)C)c1)Nc1cccc(-c2cccc(N3CCCC4(CCC=CCC4)C3)n2)n1.[HH].[HH]. The van der Waals surface area contributed by atoms with Crippen LogP contribution in [0.25, 0.3) is 11.4 Å². The summed E-state index contributed by atoms with van der Waals surface area (Å²) in [6.45, 7) is 12.5. The molecule has 2 N–H and O–H groups in total. The van der Waals surface area contributed by atoms with Gasteiger partial charge in [-0.15, -0.1) is 5.73 Å². The smallest absolute Gasteiger partial charge is 0.253 e. The van der Waals surface area contributed by atoms with E-state index in [0.29, 0.717) is 22.5 Å². The van der Waals surface area contributed by atoms with E-state index in [0.717, 1.165) is 30.3 Å². The summed E-state index contributed by atoms with van der Waals surface area (Å²) in [7, 11) is 0. The van der Waals surface area contributed by atoms with Crippen LogP contribution in [0, 0.1) is 5.41 Å². The zero-order chi connectivity index (χ0) is 28.9. The molecule has 1 amide bonds. The molecule has 0 atom stereocenters. The van der Waals surface area contributed by atoms with Gasteiger partial charge in [-0.25, -0.2) is 9.97 Å². The molecule has 41 heavy (non-hydrogen) atoms. The summed E-state index contributed by atoms with van der Waals surface area (Å²) >= 11 is 0. The molecule has 0 unspecified atom stereocenters. The number of nitrogens with zero attached hydrogens (tertiary/aromatic N) is 4. The van der Waals surface area contributed by atoms with E-state index in [1.54, 1.807) is 0 Å². The van der Waals surface area contributed by atoms with Crippen molar-refractivity contribution in [2.75, 3.05) is 29.9 Å². The van der Waals surface area contributed by atoms with E-state index in [2.05, 4.69) is 72.9 Å². The number of amides is 1. The molecule has 5 rings (SSSR count). The highest BCUT2D eigenvalue weighted by Crippen LogP contribution is 2.41. The molecular weight excluding hydrogens is 508 g/mol. The van der Waals surface area contributed by atoms with Gasteiger partial charge in [-0.05, 0) is 95.0 Å². The van der Waals surface area contributed by atoms with Crippen LogP contribution in [-0.4, -0.2) is 40.1 Å². The van der Waals surface area contributed by atoms with E-state index in [9.17, 15) is 4.79 Å². The van der Waals surface area contributed by atoms with Crippen LogP contribution >= 0.6 is 0 Å². The van der Waals surface area contributed by atoms with Crippen LogP contribution < -0.4 is 15.5 Å². The van der Waals surface area contributed by atoms with Crippen molar-refractivity contribution in [2.24, 2.45) is 5.41 Å². The fourth-order valence-electron chi connectivity index (χ4n) is 5.86. The zero-order valence-electron chi connectivity index (χ0n) is 24.6. The number of rotatable bonds is 7. The molecule has 1 aliphatic heterocycles. The number of piperidine rings is 1. The van der Waals surface area contributed by atoms with Crippen molar-refractivity contribution < 1.29 is 7.65 Å². The number of carbonyl (C=O) groups excluding carboxylic acids is 1. The molecule has 7 nitrogen and oxygen atoms in total. The Morgan fingerprint density at radius 3 is 2.49 bits per heavy atom. The predicted octanol–water partition coefficient (Wildman–Crippen LogP) is 7.42. The van der Waals surface area contributed by atoms with Gasteiger partial charge in [0.15, 0.2) is 0 Å². The third-order valence-corrected chi connectivity index (χ3v) is 8.23. The van der Waals surface area contributed by atoms with E-state index in [-0.39, 0.29) is 20.8 Å². The maximum atomic E-state index is 12.7. The molecule has 4 heterocycles. The summed E-state index contributed by atoms with van der Waals surface area (Å²) in [5, 5.41) is 6.22. The fourth-order valence-corrected chi connectivity index (χ4v) is 5.86. The van der Waals surface area contributed by atoms with Gasteiger partial charge in [-0.1, -0.05) is 30.9 Å². The second-order valence-electron chi connectivity index (χ2n) is 12.3. The maximum Gasteiger partial charge on any atom is 0.253 e. The van der Waals surface area contributed by atoms with E-state index < -0.39 is 0 Å². The van der Waals surface area contributed by atoms with Gasteiger partial charge in [0.05, 0.1) is 29.2 Å². The lowest BCUT2D eigenvalue weighted by Crippen LogP contribution is -2.43. The van der Waals surface area contributed by atoms with Crippen molar-refractivity contribution in [3.05, 3.63) is 90.6 Å². The van der Waals surface area contributed by atoms with Crippen molar-refractivity contribution in [3.8, 4) is 11.4 Å². The predicted molar refractivity (Wildman–Crippen MR) is 171 cm³/mol. The summed E-state index contributed by atoms with van der Waals surface area (Å²) in [4.78, 5) is 25.1. The normalized spacial score (nSPS) is 16.6. The van der Waals surface area contributed by atoms with Gasteiger partial charge in [0, 0.05) is 33.9 Å². The Hall–Kier alpha value is -4.09. The molecule has 1 aliphatic carbocycles. The highest BCUT2D eigenvalue weighted by atomic mass is 16.1. The van der Waals surface area contributed by atoms with Crippen LogP contribution in [0.5, 0.6) is 0 Å². The lowest BCUT2D eigenvalue weighted by atomic mass is 9.74. The largest absolute Gasteiger partial charge is 0.356 e. The number of carbonyl (C=O) groups is 1. The minimum absolute atomic E-state index is 0. The topological polar surface area (TPSA) is 75.1 Å². The van der Waals surface area contributed by atoms with Crippen molar-refractivity contribution in [1.29, 1.82) is 0 Å². The second-order valence-corrected chi connectivity index (χ2v) is 12.3. The molecule has 0 aromatic carbocycles. The van der Waals surface area contributed by atoms with Gasteiger partial charge in [0.1, 0.15) is 11.6 Å². The van der Waals surface area contributed by atoms with Gasteiger partial charge in [-0.3, -0.25) is 4.79 Å². The molecule has 1 saturated heterocycles. The molecule has 7 heteroatoms. The monoisotopic (exact) mass is 554 g/mol. The number of allylic oxidation sites excluding steroid dienone is 2. The molecule has 218 valence electrons. The van der Waals surface area contributed by atoms with Crippen molar-refractivity contribution in [3.63, 3.8) is 0 Å². The summed E-state index contributed by atoms with van der Waals surface area (Å²) < 4.78 is 2.03. The molecule has 1 spiro atoms. The zero-order valence-corrected chi connectivity index (χ0v) is 24.6. The molecule has 3 aromatic rings. The first-order chi connectivity index (χ1) is 19.7. The van der Waals surface area contributed by atoms with Crippen LogP contribution in [0.15, 0.2) is 85.0 Å². The number of pyridine rings is 2. The Balaban J connectivity index is 0.00000253. The number of hydrogen-bond acceptors (Lipinski definition) is 5. The molecule has 0 radical (unpaired) electrons. The fraction of sp³-hybridized carbons (Fsp3) is 0.412. The Morgan fingerprint density at radius 2 is 1.78 bits per heavy atom. The first-order valence-electron chi connectivity index (χ1n) is 14.7. The van der Waals surface area contributed by atoms with Crippen LogP contribution in [0.4, 0.5) is 11.6 Å². The number of nitrogens with one attached hydrogen (secondary N) is 2. The lowest BCUT2D eigenvalue weighted by molar-refractivity contribution is 0.0957. The van der Waals surface area contributed by atoms with Gasteiger partial charge >= 0.3 is 0 Å². The number of aromatic nitrogens is 3. The molecule has 1 fully saturated rings. The van der Waals surface area contributed by atoms with Gasteiger partial charge in [0.25, 0.3) is 5.91 Å². The Kier molecular flexibility index (Phi) is 8.46. The van der Waals surface area contributed by atoms with Crippen LogP contribution in [0.2, 0.25) is 0 Å². The highest BCUT2D eigenvalue weighted by molar-refractivity contribution is 5.94. The standard InChI is InChI=1S/C34H42N6O.2H2/c1-5-27(23-35-32(41)26-17-22-40(24-26)33(2,3)4)36-30-15-10-13-28(37-30)29-14-11-16-31(38-29)39-21-12-20-34(25-39)18-8-6-7-9-19-34;;/h6-7,10-11,13-17,22,24H,1,8-9,12,18-21,23,25H2,2-4H3,(H,35,41)(H,36,37);2*1H. The molecular formula is C34H46N6O. The van der Waals surface area contributed by atoms with E-state index in [1.807, 2.05) is 47.3 Å². The lowest BCUT2D eigenvalue weighted by Gasteiger charge is -2.43. The van der Waals surface area contributed by atoms with E-state index in [1.165, 1.54) is 38.5 Å². The van der Waals surface area contributed by atoms with Crippen molar-refractivity contribution >= 4 is 17.5 Å². The third kappa shape index (κ3) is 6.98. The first-order valence-corrected chi connectivity index (χ1v) is 14.7.